The monoisotopic (exact) mass is 567 g/mol. The second-order valence-electron chi connectivity index (χ2n) is 8.79. The van der Waals surface area contributed by atoms with Crippen LogP contribution in [-0.4, -0.2) is 36.8 Å². The van der Waals surface area contributed by atoms with Crippen molar-refractivity contribution < 1.29 is 20.4 Å². The van der Waals surface area contributed by atoms with E-state index in [-0.39, 0.29) is 27.3 Å². The molecule has 7 nitrogen and oxygen atoms in total. The molecule has 0 atom stereocenters. The molecule has 2 aliphatic rings. The van der Waals surface area contributed by atoms with Crippen molar-refractivity contribution in [1.29, 1.82) is 0 Å². The Morgan fingerprint density at radius 1 is 0.514 bits per heavy atom. The van der Waals surface area contributed by atoms with E-state index in [4.69, 9.17) is 0 Å². The fraction of sp³-hybridized carbons (Fsp3) is 0. The van der Waals surface area contributed by atoms with E-state index < -0.39 is 0 Å². The van der Waals surface area contributed by atoms with Crippen molar-refractivity contribution in [3.63, 3.8) is 0 Å². The van der Waals surface area contributed by atoms with Gasteiger partial charge < -0.3 is 4.81 Å². The third kappa shape index (κ3) is 3.18. The van der Waals surface area contributed by atoms with E-state index in [0.29, 0.717) is 0 Å². The molecule has 6 aromatic rings. The molecule has 8 rings (SSSR count). The summed E-state index contributed by atoms with van der Waals surface area (Å²) in [7, 11) is 0. The first-order valence-corrected chi connectivity index (χ1v) is 11.7. The molecule has 0 N–H and O–H groups in total. The molecule has 2 aliphatic heterocycles. The predicted molar refractivity (Wildman–Crippen MR) is 138 cm³/mol. The molecule has 2 aromatic heterocycles. The van der Waals surface area contributed by atoms with E-state index in [1.165, 1.54) is 11.1 Å². The SMILES string of the molecule is [Pd+2].[c-]1c(-n2nccn2)ccc2c1B1c3[c-]c(-n4nccn4)ccc3-c3ccccc3N1c1ccccc1-2. The van der Waals surface area contributed by atoms with Gasteiger partial charge in [-0.3, -0.25) is 0 Å². The van der Waals surface area contributed by atoms with Gasteiger partial charge in [0.2, 0.25) is 0 Å². The number of fused-ring (bicyclic) bond motifs is 11. The Labute approximate surface area is 227 Å². The molecule has 0 unspecified atom stereocenters. The molecule has 9 heteroatoms. The molecule has 4 heterocycles. The fourth-order valence-corrected chi connectivity index (χ4v) is 5.45. The van der Waals surface area contributed by atoms with Crippen LogP contribution in [0.15, 0.2) is 97.6 Å². The third-order valence-electron chi connectivity index (χ3n) is 6.90. The van der Waals surface area contributed by atoms with E-state index in [0.717, 1.165) is 44.8 Å². The van der Waals surface area contributed by atoms with Crippen LogP contribution in [0.4, 0.5) is 11.4 Å². The zero-order chi connectivity index (χ0) is 23.6. The van der Waals surface area contributed by atoms with Crippen molar-refractivity contribution in [2.75, 3.05) is 4.81 Å². The summed E-state index contributed by atoms with van der Waals surface area (Å²) in [4.78, 5) is 5.62. The van der Waals surface area contributed by atoms with Gasteiger partial charge in [-0.15, -0.1) is 23.3 Å². The number of rotatable bonds is 2. The second-order valence-corrected chi connectivity index (χ2v) is 8.79. The molecular weight excluding hydrogens is 552 g/mol. The van der Waals surface area contributed by atoms with Crippen LogP contribution in [0.25, 0.3) is 33.6 Å². The molecule has 0 fully saturated rings. The first-order chi connectivity index (χ1) is 17.9. The molecule has 0 bridgehead atoms. The molecule has 0 spiro atoms. The van der Waals surface area contributed by atoms with E-state index in [1.54, 1.807) is 34.4 Å². The van der Waals surface area contributed by atoms with Crippen molar-refractivity contribution >= 4 is 29.1 Å². The smallest absolute Gasteiger partial charge is 0.381 e. The Hall–Kier alpha value is -4.31. The van der Waals surface area contributed by atoms with E-state index in [9.17, 15) is 0 Å². The molecule has 0 aliphatic carbocycles. The zero-order valence-corrected chi connectivity index (χ0v) is 20.8. The maximum Gasteiger partial charge on any atom is 2.00 e. The van der Waals surface area contributed by atoms with Gasteiger partial charge in [0.1, 0.15) is 0 Å². The Kier molecular flexibility index (Phi) is 4.96. The average Bonchev–Trinajstić information content (AvgIpc) is 3.67. The Bertz CT molecular complexity index is 1640. The van der Waals surface area contributed by atoms with Crippen LogP contribution < -0.4 is 15.7 Å². The summed E-state index contributed by atoms with van der Waals surface area (Å²) in [6, 6.07) is 32.8. The van der Waals surface area contributed by atoms with Crippen molar-refractivity contribution in [3.05, 3.63) is 110 Å². The van der Waals surface area contributed by atoms with Gasteiger partial charge in [-0.1, -0.05) is 47.5 Å². The molecule has 4 aromatic carbocycles. The van der Waals surface area contributed by atoms with Gasteiger partial charge in [-0.05, 0) is 23.5 Å². The number of nitrogens with zero attached hydrogens (tertiary/aromatic N) is 7. The zero-order valence-electron chi connectivity index (χ0n) is 19.3. The van der Waals surface area contributed by atoms with Gasteiger partial charge in [0, 0.05) is 11.4 Å². The second kappa shape index (κ2) is 8.38. The van der Waals surface area contributed by atoms with Crippen molar-refractivity contribution in [1.82, 2.24) is 30.0 Å². The van der Waals surface area contributed by atoms with E-state index in [1.807, 2.05) is 12.1 Å². The summed E-state index contributed by atoms with van der Waals surface area (Å²) < 4.78 is 0. The van der Waals surface area contributed by atoms with Crippen LogP contribution in [0.5, 0.6) is 0 Å². The topological polar surface area (TPSA) is 64.7 Å². The minimum absolute atomic E-state index is 0. The number of anilines is 2. The third-order valence-corrected chi connectivity index (χ3v) is 6.90. The van der Waals surface area contributed by atoms with Crippen LogP contribution in [-0.2, 0) is 20.4 Å². The standard InChI is InChI=1S/C28H16BN7.Pd/c1-3-7-27-23(5-1)21-11-9-19(35-30-13-14-31-35)17-25(21)29-26-18-20(36-32-15-16-33-36)10-12-22(26)24-6-2-4-8-28(24)34(27)29;/h1-16H;/q-2;+2. The van der Waals surface area contributed by atoms with Crippen LogP contribution in [0.3, 0.4) is 0 Å². The van der Waals surface area contributed by atoms with Crippen LogP contribution >= 0.6 is 0 Å². The number of aromatic nitrogens is 6. The Morgan fingerprint density at radius 3 is 1.41 bits per heavy atom. The van der Waals surface area contributed by atoms with Crippen LogP contribution in [0.2, 0.25) is 0 Å². The summed E-state index contributed by atoms with van der Waals surface area (Å²) in [5.74, 6) is 0. The first kappa shape index (κ1) is 21.9. The van der Waals surface area contributed by atoms with Crippen LogP contribution in [0, 0.1) is 12.1 Å². The normalized spacial score (nSPS) is 12.5. The summed E-state index contributed by atoms with van der Waals surface area (Å²) in [5.41, 5.74) is 10.6. The maximum absolute atomic E-state index is 4.34. The predicted octanol–water partition coefficient (Wildman–Crippen LogP) is 3.35. The van der Waals surface area contributed by atoms with Gasteiger partial charge in [-0.25, -0.2) is 0 Å². The molecule has 0 saturated carbocycles. The average molecular weight is 568 g/mol. The maximum atomic E-state index is 4.34. The molecule has 0 saturated heterocycles. The largest absolute Gasteiger partial charge is 2.00 e. The minimum atomic E-state index is -0.147. The quantitative estimate of drug-likeness (QED) is 0.237. The molecule has 0 amide bonds. The Balaban J connectivity index is 0.00000231. The van der Waals surface area contributed by atoms with Gasteiger partial charge in [-0.2, -0.15) is 65.2 Å². The summed E-state index contributed by atoms with van der Waals surface area (Å²) in [6.07, 6.45) is 6.72. The molecular formula is C28H16BN7Pd. The number of para-hydroxylation sites is 2. The first-order valence-electron chi connectivity index (χ1n) is 11.7. The van der Waals surface area contributed by atoms with Gasteiger partial charge in [0.05, 0.1) is 24.8 Å². The van der Waals surface area contributed by atoms with Crippen molar-refractivity contribution in [2.45, 2.75) is 0 Å². The molecule has 37 heavy (non-hydrogen) atoms. The van der Waals surface area contributed by atoms with Crippen molar-refractivity contribution in [3.8, 4) is 33.6 Å². The number of hydrogen-bond acceptors (Lipinski definition) is 5. The number of benzene rings is 4. The Morgan fingerprint density at radius 2 is 0.946 bits per heavy atom. The molecule has 0 radical (unpaired) electrons. The summed E-state index contributed by atoms with van der Waals surface area (Å²) in [5, 5.41) is 17.4. The van der Waals surface area contributed by atoms with E-state index in [2.05, 4.69) is 98.0 Å². The van der Waals surface area contributed by atoms with Gasteiger partial charge in [0.25, 0.3) is 6.85 Å². The minimum Gasteiger partial charge on any atom is -0.381 e. The van der Waals surface area contributed by atoms with Crippen molar-refractivity contribution in [2.24, 2.45) is 0 Å². The van der Waals surface area contributed by atoms with Gasteiger partial charge >= 0.3 is 20.4 Å². The van der Waals surface area contributed by atoms with Gasteiger partial charge in [0.15, 0.2) is 0 Å². The van der Waals surface area contributed by atoms with Crippen LogP contribution in [0.1, 0.15) is 0 Å². The summed E-state index contributed by atoms with van der Waals surface area (Å²) >= 11 is 0. The van der Waals surface area contributed by atoms with E-state index >= 15 is 0 Å². The number of hydrogen-bond donors (Lipinski definition) is 0. The molecule has 176 valence electrons. The summed E-state index contributed by atoms with van der Waals surface area (Å²) in [6.45, 7) is -0.147. The fourth-order valence-electron chi connectivity index (χ4n) is 5.45.